The Bertz CT molecular complexity index is 291. The van der Waals surface area contributed by atoms with Crippen LogP contribution in [-0.4, -0.2) is 51.7 Å². The molecule has 0 aromatic heterocycles. The van der Waals surface area contributed by atoms with Gasteiger partial charge in [0.25, 0.3) is 0 Å². The zero-order valence-electron chi connectivity index (χ0n) is 12.4. The van der Waals surface area contributed by atoms with Crippen molar-refractivity contribution in [2.75, 3.05) is 39.9 Å². The maximum absolute atomic E-state index is 11.6. The molecule has 2 amide bonds. The molecule has 0 saturated carbocycles. The van der Waals surface area contributed by atoms with Gasteiger partial charge in [-0.15, -0.1) is 0 Å². The summed E-state index contributed by atoms with van der Waals surface area (Å²) in [4.78, 5) is 23.0. The lowest BCUT2D eigenvalue weighted by Crippen LogP contribution is -2.33. The van der Waals surface area contributed by atoms with E-state index in [-0.39, 0.29) is 11.8 Å². The summed E-state index contributed by atoms with van der Waals surface area (Å²) in [5.41, 5.74) is 0. The first-order valence-electron chi connectivity index (χ1n) is 7.45. The van der Waals surface area contributed by atoms with Gasteiger partial charge in [0.2, 0.25) is 11.8 Å². The molecule has 1 saturated heterocycles. The van der Waals surface area contributed by atoms with Crippen molar-refractivity contribution in [2.45, 2.75) is 32.1 Å². The van der Waals surface area contributed by atoms with E-state index in [9.17, 15) is 9.59 Å². The Balaban J connectivity index is 1.97. The number of carbonyl (C=O) groups is 2. The third kappa shape index (κ3) is 8.12. The van der Waals surface area contributed by atoms with Gasteiger partial charge in [-0.3, -0.25) is 9.59 Å². The largest absolute Gasteiger partial charge is 0.383 e. The van der Waals surface area contributed by atoms with Crippen molar-refractivity contribution < 1.29 is 14.3 Å². The molecule has 1 atom stereocenters. The number of nitrogens with one attached hydrogen (secondary N) is 3. The van der Waals surface area contributed by atoms with Crippen molar-refractivity contribution >= 4 is 11.8 Å². The molecule has 1 heterocycles. The highest BCUT2D eigenvalue weighted by Crippen LogP contribution is 2.15. The summed E-state index contributed by atoms with van der Waals surface area (Å²) in [5.74, 6) is 0.603. The van der Waals surface area contributed by atoms with Crippen LogP contribution < -0.4 is 16.0 Å². The molecule has 0 radical (unpaired) electrons. The Morgan fingerprint density at radius 3 is 2.65 bits per heavy atom. The molecule has 1 unspecified atom stereocenters. The van der Waals surface area contributed by atoms with Crippen LogP contribution in [-0.2, 0) is 14.3 Å². The standard InChI is InChI=1S/C14H27N3O3/c1-20-10-9-17-14(19)6-8-16-13(18)5-4-12-3-2-7-15-11-12/h12,15H,2-11H2,1H3,(H,16,18)(H,17,19). The molecule has 6 nitrogen and oxygen atoms in total. The van der Waals surface area contributed by atoms with E-state index in [4.69, 9.17) is 4.74 Å². The van der Waals surface area contributed by atoms with Gasteiger partial charge in [0, 0.05) is 33.0 Å². The number of carbonyl (C=O) groups excluding carboxylic acids is 2. The van der Waals surface area contributed by atoms with E-state index in [0.717, 1.165) is 19.5 Å². The Labute approximate surface area is 121 Å². The molecule has 0 spiro atoms. The Morgan fingerprint density at radius 1 is 1.20 bits per heavy atom. The van der Waals surface area contributed by atoms with Crippen LogP contribution in [0, 0.1) is 5.92 Å². The molecule has 3 N–H and O–H groups in total. The second-order valence-corrected chi connectivity index (χ2v) is 5.19. The molecular formula is C14H27N3O3. The average Bonchev–Trinajstić information content (AvgIpc) is 2.46. The average molecular weight is 285 g/mol. The minimum atomic E-state index is -0.0566. The lowest BCUT2D eigenvalue weighted by Gasteiger charge is -2.22. The summed E-state index contributed by atoms with van der Waals surface area (Å²) in [6.07, 6.45) is 4.22. The van der Waals surface area contributed by atoms with Gasteiger partial charge in [-0.25, -0.2) is 0 Å². The third-order valence-corrected chi connectivity index (χ3v) is 3.48. The van der Waals surface area contributed by atoms with Crippen LogP contribution in [0.25, 0.3) is 0 Å². The lowest BCUT2D eigenvalue weighted by molar-refractivity contribution is -0.122. The van der Waals surface area contributed by atoms with E-state index < -0.39 is 0 Å². The van der Waals surface area contributed by atoms with Crippen LogP contribution >= 0.6 is 0 Å². The molecule has 0 aliphatic carbocycles. The smallest absolute Gasteiger partial charge is 0.221 e. The molecule has 0 bridgehead atoms. The fourth-order valence-electron chi connectivity index (χ4n) is 2.29. The molecule has 116 valence electrons. The first kappa shape index (κ1) is 16.9. The molecule has 0 aromatic rings. The summed E-state index contributed by atoms with van der Waals surface area (Å²) in [7, 11) is 1.59. The maximum atomic E-state index is 11.6. The molecule has 1 aliphatic heterocycles. The Morgan fingerprint density at radius 2 is 1.95 bits per heavy atom. The lowest BCUT2D eigenvalue weighted by atomic mass is 9.94. The van der Waals surface area contributed by atoms with E-state index in [2.05, 4.69) is 16.0 Å². The van der Waals surface area contributed by atoms with Gasteiger partial charge < -0.3 is 20.7 Å². The van der Waals surface area contributed by atoms with Crippen molar-refractivity contribution in [1.29, 1.82) is 0 Å². The zero-order chi connectivity index (χ0) is 14.6. The first-order valence-corrected chi connectivity index (χ1v) is 7.45. The number of piperidine rings is 1. The summed E-state index contributed by atoms with van der Waals surface area (Å²) in [5, 5.41) is 8.86. The second kappa shape index (κ2) is 10.6. The molecule has 1 rings (SSSR count). The number of hydrogen-bond donors (Lipinski definition) is 3. The van der Waals surface area contributed by atoms with E-state index >= 15 is 0 Å². The van der Waals surface area contributed by atoms with Crippen molar-refractivity contribution in [2.24, 2.45) is 5.92 Å². The topological polar surface area (TPSA) is 79.5 Å². The molecule has 1 fully saturated rings. The van der Waals surface area contributed by atoms with Crippen LogP contribution in [0.2, 0.25) is 0 Å². The maximum Gasteiger partial charge on any atom is 0.221 e. The van der Waals surface area contributed by atoms with Crippen molar-refractivity contribution in [1.82, 2.24) is 16.0 Å². The predicted octanol–water partition coefficient (Wildman–Crippen LogP) is 0.0351. The molecular weight excluding hydrogens is 258 g/mol. The number of amides is 2. The quantitative estimate of drug-likeness (QED) is 0.522. The predicted molar refractivity (Wildman–Crippen MR) is 77.3 cm³/mol. The van der Waals surface area contributed by atoms with Gasteiger partial charge in [-0.2, -0.15) is 0 Å². The summed E-state index contributed by atoms with van der Waals surface area (Å²) < 4.78 is 4.83. The minimum Gasteiger partial charge on any atom is -0.383 e. The second-order valence-electron chi connectivity index (χ2n) is 5.19. The third-order valence-electron chi connectivity index (χ3n) is 3.48. The first-order chi connectivity index (χ1) is 9.72. The minimum absolute atomic E-state index is 0.0419. The van der Waals surface area contributed by atoms with Crippen LogP contribution in [0.15, 0.2) is 0 Å². The SMILES string of the molecule is COCCNC(=O)CCNC(=O)CCC1CCCNC1. The van der Waals surface area contributed by atoms with Gasteiger partial charge in [0.05, 0.1) is 6.61 Å². The Hall–Kier alpha value is -1.14. The van der Waals surface area contributed by atoms with Crippen molar-refractivity contribution in [3.63, 3.8) is 0 Å². The summed E-state index contributed by atoms with van der Waals surface area (Å²) >= 11 is 0. The molecule has 20 heavy (non-hydrogen) atoms. The van der Waals surface area contributed by atoms with Gasteiger partial charge >= 0.3 is 0 Å². The number of rotatable bonds is 9. The van der Waals surface area contributed by atoms with Crippen LogP contribution in [0.5, 0.6) is 0 Å². The number of methoxy groups -OCH3 is 1. The van der Waals surface area contributed by atoms with Crippen LogP contribution in [0.1, 0.15) is 32.1 Å². The fourth-order valence-corrected chi connectivity index (χ4v) is 2.29. The number of ether oxygens (including phenoxy) is 1. The van der Waals surface area contributed by atoms with E-state index in [1.165, 1.54) is 12.8 Å². The van der Waals surface area contributed by atoms with Gasteiger partial charge in [-0.1, -0.05) is 0 Å². The van der Waals surface area contributed by atoms with E-state index in [1.807, 2.05) is 0 Å². The van der Waals surface area contributed by atoms with Crippen molar-refractivity contribution in [3.8, 4) is 0 Å². The van der Waals surface area contributed by atoms with Gasteiger partial charge in [0.1, 0.15) is 0 Å². The normalized spacial score (nSPS) is 18.6. The van der Waals surface area contributed by atoms with Crippen molar-refractivity contribution in [3.05, 3.63) is 0 Å². The summed E-state index contributed by atoms with van der Waals surface area (Å²) in [6, 6.07) is 0. The molecule has 1 aliphatic rings. The van der Waals surface area contributed by atoms with Crippen LogP contribution in [0.4, 0.5) is 0 Å². The monoisotopic (exact) mass is 285 g/mol. The molecule has 0 aromatic carbocycles. The van der Waals surface area contributed by atoms with Gasteiger partial charge in [-0.05, 0) is 38.3 Å². The van der Waals surface area contributed by atoms with Crippen LogP contribution in [0.3, 0.4) is 0 Å². The highest BCUT2D eigenvalue weighted by atomic mass is 16.5. The summed E-state index contributed by atoms with van der Waals surface area (Å²) in [6.45, 7) is 3.54. The number of hydrogen-bond acceptors (Lipinski definition) is 4. The Kier molecular flexibility index (Phi) is 8.98. The molecule has 6 heteroatoms. The highest BCUT2D eigenvalue weighted by Gasteiger charge is 2.14. The highest BCUT2D eigenvalue weighted by molar-refractivity contribution is 5.78. The van der Waals surface area contributed by atoms with Gasteiger partial charge in [0.15, 0.2) is 0 Å². The zero-order valence-corrected chi connectivity index (χ0v) is 12.4. The van der Waals surface area contributed by atoms with E-state index in [1.54, 1.807) is 7.11 Å². The fraction of sp³-hybridized carbons (Fsp3) is 0.857. The van der Waals surface area contributed by atoms with E-state index in [0.29, 0.717) is 38.5 Å².